The molecule has 0 heterocycles. The fraction of sp³-hybridized carbons (Fsp3) is 0.917. The number of carbonyl (C=O) groups is 1. The van der Waals surface area contributed by atoms with Crippen molar-refractivity contribution in [3.05, 3.63) is 0 Å². The fourth-order valence-corrected chi connectivity index (χ4v) is 1.21. The summed E-state index contributed by atoms with van der Waals surface area (Å²) in [5.41, 5.74) is -0.232. The molecule has 2 N–H and O–H groups in total. The standard InChI is InChI=1S/C12H25NO4/c1-9(2)13-10(11(14)15)8-17-7-6-12(3,4)16-5/h9-10,13H,6-8H2,1-5H3,(H,14,15). The van der Waals surface area contributed by atoms with E-state index in [0.29, 0.717) is 6.61 Å². The first-order valence-electron chi connectivity index (χ1n) is 5.90. The van der Waals surface area contributed by atoms with Gasteiger partial charge in [-0.1, -0.05) is 13.8 Å². The highest BCUT2D eigenvalue weighted by atomic mass is 16.5. The molecule has 0 spiro atoms. The minimum atomic E-state index is -0.885. The second kappa shape index (κ2) is 7.63. The van der Waals surface area contributed by atoms with Crippen LogP contribution in [0.1, 0.15) is 34.1 Å². The summed E-state index contributed by atoms with van der Waals surface area (Å²) < 4.78 is 10.6. The third kappa shape index (κ3) is 8.12. The van der Waals surface area contributed by atoms with Crippen LogP contribution in [-0.2, 0) is 14.3 Å². The van der Waals surface area contributed by atoms with E-state index in [1.807, 2.05) is 27.7 Å². The number of hydrogen-bond acceptors (Lipinski definition) is 4. The molecule has 0 aliphatic heterocycles. The molecule has 1 atom stereocenters. The molecular formula is C12H25NO4. The molecular weight excluding hydrogens is 222 g/mol. The lowest BCUT2D eigenvalue weighted by Gasteiger charge is -2.23. The molecule has 0 aliphatic rings. The van der Waals surface area contributed by atoms with Gasteiger partial charge in [0, 0.05) is 19.8 Å². The van der Waals surface area contributed by atoms with Crippen LogP contribution < -0.4 is 5.32 Å². The monoisotopic (exact) mass is 247 g/mol. The van der Waals surface area contributed by atoms with Crippen molar-refractivity contribution in [2.24, 2.45) is 0 Å². The summed E-state index contributed by atoms with van der Waals surface area (Å²) in [6.07, 6.45) is 0.734. The minimum absolute atomic E-state index is 0.120. The lowest BCUT2D eigenvalue weighted by molar-refractivity contribution is -0.141. The molecule has 17 heavy (non-hydrogen) atoms. The highest BCUT2D eigenvalue weighted by molar-refractivity contribution is 5.73. The SMILES string of the molecule is COC(C)(C)CCOCC(NC(C)C)C(=O)O. The zero-order valence-electron chi connectivity index (χ0n) is 11.4. The first kappa shape index (κ1) is 16.4. The van der Waals surface area contributed by atoms with Gasteiger partial charge in [0.25, 0.3) is 0 Å². The number of rotatable bonds is 9. The van der Waals surface area contributed by atoms with Crippen LogP contribution in [0.3, 0.4) is 0 Å². The molecule has 0 radical (unpaired) electrons. The summed E-state index contributed by atoms with van der Waals surface area (Å²) in [4.78, 5) is 10.9. The number of carboxylic acids is 1. The fourth-order valence-electron chi connectivity index (χ4n) is 1.21. The summed E-state index contributed by atoms with van der Waals surface area (Å²) in [7, 11) is 1.65. The Morgan fingerprint density at radius 3 is 2.41 bits per heavy atom. The van der Waals surface area contributed by atoms with Gasteiger partial charge >= 0.3 is 5.97 Å². The molecule has 0 bridgehead atoms. The zero-order valence-corrected chi connectivity index (χ0v) is 11.4. The van der Waals surface area contributed by atoms with E-state index in [1.54, 1.807) is 7.11 Å². The second-order valence-electron chi connectivity index (χ2n) is 5.00. The molecule has 102 valence electrons. The Hall–Kier alpha value is -0.650. The molecule has 0 aliphatic carbocycles. The summed E-state index contributed by atoms with van der Waals surface area (Å²) in [6, 6.07) is -0.532. The van der Waals surface area contributed by atoms with Crippen molar-refractivity contribution in [3.8, 4) is 0 Å². The summed E-state index contributed by atoms with van der Waals surface area (Å²) in [5.74, 6) is -0.885. The molecule has 0 saturated carbocycles. The predicted molar refractivity (Wildman–Crippen MR) is 66.2 cm³/mol. The number of ether oxygens (including phenoxy) is 2. The Morgan fingerprint density at radius 1 is 1.41 bits per heavy atom. The number of nitrogens with one attached hydrogen (secondary N) is 1. The molecule has 0 saturated heterocycles. The van der Waals surface area contributed by atoms with Gasteiger partial charge in [-0.15, -0.1) is 0 Å². The predicted octanol–water partition coefficient (Wildman–Crippen LogP) is 1.27. The van der Waals surface area contributed by atoms with Gasteiger partial charge in [0.1, 0.15) is 6.04 Å². The average molecular weight is 247 g/mol. The van der Waals surface area contributed by atoms with Crippen molar-refractivity contribution in [1.29, 1.82) is 0 Å². The summed E-state index contributed by atoms with van der Waals surface area (Å²) >= 11 is 0. The minimum Gasteiger partial charge on any atom is -0.480 e. The molecule has 0 rings (SSSR count). The molecule has 0 amide bonds. The smallest absolute Gasteiger partial charge is 0.323 e. The Bertz CT molecular complexity index is 229. The van der Waals surface area contributed by atoms with Crippen LogP contribution in [0, 0.1) is 0 Å². The van der Waals surface area contributed by atoms with Crippen LogP contribution in [0.2, 0.25) is 0 Å². The van der Waals surface area contributed by atoms with Gasteiger partial charge in [-0.3, -0.25) is 4.79 Å². The lowest BCUT2D eigenvalue weighted by atomic mass is 10.1. The van der Waals surface area contributed by atoms with Crippen molar-refractivity contribution in [1.82, 2.24) is 5.32 Å². The first-order chi connectivity index (χ1) is 7.78. The van der Waals surface area contributed by atoms with Gasteiger partial charge in [-0.2, -0.15) is 0 Å². The normalized spacial score (nSPS) is 14.0. The third-order valence-electron chi connectivity index (χ3n) is 2.52. The van der Waals surface area contributed by atoms with Gasteiger partial charge in [0.2, 0.25) is 0 Å². The average Bonchev–Trinajstić information content (AvgIpc) is 2.21. The van der Waals surface area contributed by atoms with Gasteiger partial charge in [-0.05, 0) is 20.3 Å². The number of aliphatic carboxylic acids is 1. The maximum atomic E-state index is 10.9. The van der Waals surface area contributed by atoms with E-state index in [1.165, 1.54) is 0 Å². The van der Waals surface area contributed by atoms with Gasteiger partial charge in [0.05, 0.1) is 12.2 Å². The zero-order chi connectivity index (χ0) is 13.5. The van der Waals surface area contributed by atoms with Gasteiger partial charge in [0.15, 0.2) is 0 Å². The largest absolute Gasteiger partial charge is 0.480 e. The molecule has 5 nitrogen and oxygen atoms in total. The Morgan fingerprint density at radius 2 is 2.00 bits per heavy atom. The maximum Gasteiger partial charge on any atom is 0.323 e. The number of methoxy groups -OCH3 is 1. The Kier molecular flexibility index (Phi) is 7.34. The van der Waals surface area contributed by atoms with Crippen LogP contribution in [0.5, 0.6) is 0 Å². The topological polar surface area (TPSA) is 67.8 Å². The first-order valence-corrected chi connectivity index (χ1v) is 5.90. The van der Waals surface area contributed by atoms with E-state index in [2.05, 4.69) is 5.32 Å². The third-order valence-corrected chi connectivity index (χ3v) is 2.52. The van der Waals surface area contributed by atoms with E-state index in [4.69, 9.17) is 14.6 Å². The van der Waals surface area contributed by atoms with Crippen molar-refractivity contribution >= 4 is 5.97 Å². The molecule has 0 aromatic rings. The maximum absolute atomic E-state index is 10.9. The molecule has 0 aromatic carbocycles. The van der Waals surface area contributed by atoms with E-state index < -0.39 is 12.0 Å². The van der Waals surface area contributed by atoms with E-state index in [0.717, 1.165) is 6.42 Å². The second-order valence-corrected chi connectivity index (χ2v) is 5.00. The van der Waals surface area contributed by atoms with Gasteiger partial charge < -0.3 is 19.9 Å². The van der Waals surface area contributed by atoms with Crippen molar-refractivity contribution in [3.63, 3.8) is 0 Å². The summed E-state index contributed by atoms with van der Waals surface area (Å²) in [6.45, 7) is 8.42. The van der Waals surface area contributed by atoms with Crippen LogP contribution in [0.25, 0.3) is 0 Å². The summed E-state index contributed by atoms with van der Waals surface area (Å²) in [5, 5.41) is 11.9. The van der Waals surface area contributed by atoms with Crippen LogP contribution in [0.15, 0.2) is 0 Å². The molecule has 5 heteroatoms. The van der Waals surface area contributed by atoms with Crippen molar-refractivity contribution in [2.75, 3.05) is 20.3 Å². The number of carboxylic acid groups (broad SMARTS) is 1. The number of hydrogen-bond donors (Lipinski definition) is 2. The molecule has 1 unspecified atom stereocenters. The molecule has 0 aromatic heterocycles. The van der Waals surface area contributed by atoms with E-state index in [-0.39, 0.29) is 18.2 Å². The quantitative estimate of drug-likeness (QED) is 0.601. The van der Waals surface area contributed by atoms with Gasteiger partial charge in [-0.25, -0.2) is 0 Å². The molecule has 0 fully saturated rings. The van der Waals surface area contributed by atoms with Crippen molar-refractivity contribution in [2.45, 2.75) is 51.8 Å². The van der Waals surface area contributed by atoms with E-state index >= 15 is 0 Å². The lowest BCUT2D eigenvalue weighted by Crippen LogP contribution is -2.44. The highest BCUT2D eigenvalue weighted by Crippen LogP contribution is 2.12. The highest BCUT2D eigenvalue weighted by Gasteiger charge is 2.20. The van der Waals surface area contributed by atoms with Crippen LogP contribution >= 0.6 is 0 Å². The van der Waals surface area contributed by atoms with Crippen molar-refractivity contribution < 1.29 is 19.4 Å². The Labute approximate surface area is 103 Å². The van der Waals surface area contributed by atoms with E-state index in [9.17, 15) is 4.79 Å². The van der Waals surface area contributed by atoms with Crippen LogP contribution in [-0.4, -0.2) is 49.1 Å². The Balaban J connectivity index is 3.87. The van der Waals surface area contributed by atoms with Crippen LogP contribution in [0.4, 0.5) is 0 Å².